The van der Waals surface area contributed by atoms with Gasteiger partial charge in [0, 0.05) is 25.7 Å². The second-order valence-electron chi connectivity index (χ2n) is 5.00. The smallest absolute Gasteiger partial charge is 0.120 e. The van der Waals surface area contributed by atoms with E-state index < -0.39 is 0 Å². The lowest BCUT2D eigenvalue weighted by Crippen LogP contribution is -2.18. The molecule has 0 heterocycles. The molecule has 0 radical (unpaired) electrons. The molecule has 1 rings (SSSR count). The molecular formula is C15H23NO. The largest absolute Gasteiger partial charge is 0.375 e. The molecule has 0 bridgehead atoms. The summed E-state index contributed by atoms with van der Waals surface area (Å²) in [6.45, 7) is 5.41. The van der Waals surface area contributed by atoms with Crippen molar-refractivity contribution in [3.8, 4) is 0 Å². The molecule has 94 valence electrons. The Balaban J connectivity index is 2.60. The van der Waals surface area contributed by atoms with Gasteiger partial charge in [0.05, 0.1) is 0 Å². The van der Waals surface area contributed by atoms with Gasteiger partial charge < -0.3 is 9.69 Å². The zero-order chi connectivity index (χ0) is 12.7. The molecule has 0 atom stereocenters. The third-order valence-corrected chi connectivity index (χ3v) is 2.81. The number of hydrogen-bond donors (Lipinski definition) is 0. The van der Waals surface area contributed by atoms with Crippen LogP contribution in [-0.4, -0.2) is 19.9 Å². The van der Waals surface area contributed by atoms with E-state index in [-0.39, 0.29) is 0 Å². The molecule has 0 aromatic heterocycles. The van der Waals surface area contributed by atoms with Crippen LogP contribution in [0, 0.1) is 5.92 Å². The summed E-state index contributed by atoms with van der Waals surface area (Å²) in [6, 6.07) is 8.68. The van der Waals surface area contributed by atoms with E-state index in [1.165, 1.54) is 11.3 Å². The zero-order valence-corrected chi connectivity index (χ0v) is 11.1. The SMILES string of the molecule is CC(C)Cc1cccc(N(C)CCCC=O)c1. The van der Waals surface area contributed by atoms with E-state index in [0.29, 0.717) is 12.3 Å². The summed E-state index contributed by atoms with van der Waals surface area (Å²) in [7, 11) is 2.08. The number of nitrogens with zero attached hydrogens (tertiary/aromatic N) is 1. The summed E-state index contributed by atoms with van der Waals surface area (Å²) in [5.41, 5.74) is 2.63. The van der Waals surface area contributed by atoms with E-state index >= 15 is 0 Å². The summed E-state index contributed by atoms with van der Waals surface area (Å²) in [5.74, 6) is 0.686. The van der Waals surface area contributed by atoms with Crippen molar-refractivity contribution in [1.82, 2.24) is 0 Å². The van der Waals surface area contributed by atoms with Gasteiger partial charge >= 0.3 is 0 Å². The Morgan fingerprint density at radius 1 is 1.35 bits per heavy atom. The Bertz CT molecular complexity index is 347. The minimum Gasteiger partial charge on any atom is -0.375 e. The van der Waals surface area contributed by atoms with E-state index in [2.05, 4.69) is 50.1 Å². The molecule has 1 aromatic rings. The molecule has 0 spiro atoms. The number of hydrogen-bond acceptors (Lipinski definition) is 2. The van der Waals surface area contributed by atoms with Crippen molar-refractivity contribution in [1.29, 1.82) is 0 Å². The highest BCUT2D eigenvalue weighted by atomic mass is 16.1. The number of aldehydes is 1. The topological polar surface area (TPSA) is 20.3 Å². The van der Waals surface area contributed by atoms with Gasteiger partial charge in [-0.3, -0.25) is 0 Å². The number of carbonyl (C=O) groups excluding carboxylic acids is 1. The van der Waals surface area contributed by atoms with Crippen molar-refractivity contribution in [2.75, 3.05) is 18.5 Å². The minimum atomic E-state index is 0.649. The third-order valence-electron chi connectivity index (χ3n) is 2.81. The molecule has 2 heteroatoms. The maximum atomic E-state index is 10.3. The second-order valence-corrected chi connectivity index (χ2v) is 5.00. The third kappa shape index (κ3) is 5.03. The summed E-state index contributed by atoms with van der Waals surface area (Å²) >= 11 is 0. The predicted octanol–water partition coefficient (Wildman–Crippen LogP) is 3.30. The van der Waals surface area contributed by atoms with Gasteiger partial charge in [-0.15, -0.1) is 0 Å². The zero-order valence-electron chi connectivity index (χ0n) is 11.1. The quantitative estimate of drug-likeness (QED) is 0.532. The molecule has 1 aromatic carbocycles. The lowest BCUT2D eigenvalue weighted by Gasteiger charge is -2.19. The van der Waals surface area contributed by atoms with Crippen LogP contribution in [-0.2, 0) is 11.2 Å². The van der Waals surface area contributed by atoms with Crippen LogP contribution in [0.15, 0.2) is 24.3 Å². The molecular weight excluding hydrogens is 210 g/mol. The Kier molecular flexibility index (Phi) is 5.75. The summed E-state index contributed by atoms with van der Waals surface area (Å²) in [5, 5.41) is 0. The van der Waals surface area contributed by atoms with E-state index in [9.17, 15) is 4.79 Å². The van der Waals surface area contributed by atoms with Gasteiger partial charge in [0.2, 0.25) is 0 Å². The van der Waals surface area contributed by atoms with Crippen molar-refractivity contribution < 1.29 is 4.79 Å². The van der Waals surface area contributed by atoms with Gasteiger partial charge in [0.15, 0.2) is 0 Å². The van der Waals surface area contributed by atoms with Gasteiger partial charge in [-0.1, -0.05) is 26.0 Å². The first-order valence-corrected chi connectivity index (χ1v) is 6.37. The fraction of sp³-hybridized carbons (Fsp3) is 0.533. The molecule has 2 nitrogen and oxygen atoms in total. The van der Waals surface area contributed by atoms with Crippen molar-refractivity contribution >= 4 is 12.0 Å². The van der Waals surface area contributed by atoms with Crippen LogP contribution in [0.1, 0.15) is 32.3 Å². The summed E-state index contributed by atoms with van der Waals surface area (Å²) in [4.78, 5) is 12.5. The van der Waals surface area contributed by atoms with Crippen molar-refractivity contribution in [3.63, 3.8) is 0 Å². The Hall–Kier alpha value is -1.31. The maximum absolute atomic E-state index is 10.3. The molecule has 0 unspecified atom stereocenters. The van der Waals surface area contributed by atoms with Crippen LogP contribution in [0.4, 0.5) is 5.69 Å². The van der Waals surface area contributed by atoms with E-state index in [0.717, 1.165) is 25.7 Å². The Morgan fingerprint density at radius 3 is 2.76 bits per heavy atom. The van der Waals surface area contributed by atoms with E-state index in [1.807, 2.05) is 0 Å². The molecule has 0 saturated carbocycles. The number of rotatable bonds is 7. The molecule has 17 heavy (non-hydrogen) atoms. The maximum Gasteiger partial charge on any atom is 0.120 e. The van der Waals surface area contributed by atoms with Crippen LogP contribution < -0.4 is 4.90 Å². The van der Waals surface area contributed by atoms with Crippen LogP contribution in [0.3, 0.4) is 0 Å². The highest BCUT2D eigenvalue weighted by molar-refractivity contribution is 5.50. The summed E-state index contributed by atoms with van der Waals surface area (Å²) < 4.78 is 0. The molecule has 0 amide bonds. The molecule has 0 N–H and O–H groups in total. The van der Waals surface area contributed by atoms with Gasteiger partial charge in [-0.2, -0.15) is 0 Å². The van der Waals surface area contributed by atoms with Crippen LogP contribution >= 0.6 is 0 Å². The molecule has 0 fully saturated rings. The lowest BCUT2D eigenvalue weighted by atomic mass is 10.0. The highest BCUT2D eigenvalue weighted by Gasteiger charge is 2.03. The molecule has 0 aliphatic heterocycles. The summed E-state index contributed by atoms with van der Waals surface area (Å²) in [6.07, 6.45) is 3.68. The van der Waals surface area contributed by atoms with Gasteiger partial charge in [0.1, 0.15) is 6.29 Å². The first-order chi connectivity index (χ1) is 8.13. The standard InChI is InChI=1S/C15H23NO/c1-13(2)11-14-7-6-8-15(12-14)16(3)9-4-5-10-17/h6-8,10,12-13H,4-5,9,11H2,1-3H3. The van der Waals surface area contributed by atoms with Gasteiger partial charge in [-0.25, -0.2) is 0 Å². The Labute approximate surface area is 105 Å². The van der Waals surface area contributed by atoms with Crippen molar-refractivity contribution in [2.24, 2.45) is 5.92 Å². The first-order valence-electron chi connectivity index (χ1n) is 6.37. The number of unbranched alkanes of at least 4 members (excludes halogenated alkanes) is 1. The van der Waals surface area contributed by atoms with Gasteiger partial charge in [-0.05, 0) is 36.5 Å². The number of carbonyl (C=O) groups is 1. The van der Waals surface area contributed by atoms with Gasteiger partial charge in [0.25, 0.3) is 0 Å². The fourth-order valence-electron chi connectivity index (χ4n) is 1.93. The Morgan fingerprint density at radius 2 is 2.12 bits per heavy atom. The normalized spacial score (nSPS) is 10.6. The molecule has 0 aliphatic rings. The second kappa shape index (κ2) is 7.10. The fourth-order valence-corrected chi connectivity index (χ4v) is 1.93. The first kappa shape index (κ1) is 13.8. The lowest BCUT2D eigenvalue weighted by molar-refractivity contribution is -0.107. The molecule has 0 saturated heterocycles. The number of anilines is 1. The number of benzene rings is 1. The average molecular weight is 233 g/mol. The van der Waals surface area contributed by atoms with E-state index in [1.54, 1.807) is 0 Å². The minimum absolute atomic E-state index is 0.649. The van der Waals surface area contributed by atoms with Crippen molar-refractivity contribution in [3.05, 3.63) is 29.8 Å². The molecule has 0 aliphatic carbocycles. The monoisotopic (exact) mass is 233 g/mol. The van der Waals surface area contributed by atoms with E-state index in [4.69, 9.17) is 0 Å². The highest BCUT2D eigenvalue weighted by Crippen LogP contribution is 2.17. The van der Waals surface area contributed by atoms with Crippen LogP contribution in [0.2, 0.25) is 0 Å². The van der Waals surface area contributed by atoms with Crippen LogP contribution in [0.5, 0.6) is 0 Å². The van der Waals surface area contributed by atoms with Crippen molar-refractivity contribution in [2.45, 2.75) is 33.1 Å². The predicted molar refractivity (Wildman–Crippen MR) is 73.6 cm³/mol. The van der Waals surface area contributed by atoms with Crippen LogP contribution in [0.25, 0.3) is 0 Å². The average Bonchev–Trinajstić information content (AvgIpc) is 2.28.